The second kappa shape index (κ2) is 12.8. The molecule has 0 bridgehead atoms. The summed E-state index contributed by atoms with van der Waals surface area (Å²) >= 11 is 3.98. The Kier molecular flexibility index (Phi) is 11.6. The van der Waals surface area contributed by atoms with Gasteiger partial charge in [0.2, 0.25) is 17.7 Å². The number of carbonyl (C=O) groups excluding carboxylic acids is 3. The Morgan fingerprint density at radius 1 is 1.00 bits per heavy atom. The van der Waals surface area contributed by atoms with Crippen molar-refractivity contribution < 1.29 is 24.3 Å². The smallest absolute Gasteiger partial charge is 0.326 e. The fraction of sp³-hybridized carbons (Fsp3) is 0.643. The standard InChI is InChI=1S/C14H27N7O5S/c15-7(3-4-10(16)22)11(23)21-9(6-27)12(24)20-8(13(25)26)2-1-5-19-14(17)18/h7-9,27H,1-6,15H2,(H2,16,22)(H,20,24)(H,21,23)(H,25,26)(H4,17,18,19). The lowest BCUT2D eigenvalue weighted by atomic mass is 10.1. The molecule has 3 atom stereocenters. The molecule has 0 saturated heterocycles. The second-order valence-corrected chi connectivity index (χ2v) is 6.07. The zero-order valence-electron chi connectivity index (χ0n) is 14.8. The molecule has 0 aliphatic carbocycles. The average molecular weight is 405 g/mol. The average Bonchev–Trinajstić information content (AvgIpc) is 2.58. The molecule has 0 fully saturated rings. The van der Waals surface area contributed by atoms with Crippen molar-refractivity contribution in [3.05, 3.63) is 0 Å². The number of carboxylic acids is 1. The van der Waals surface area contributed by atoms with Crippen molar-refractivity contribution in [2.45, 2.75) is 43.8 Å². The molecular weight excluding hydrogens is 378 g/mol. The molecule has 3 amide bonds. The van der Waals surface area contributed by atoms with E-state index in [2.05, 4.69) is 28.3 Å². The van der Waals surface area contributed by atoms with E-state index < -0.39 is 41.8 Å². The lowest BCUT2D eigenvalue weighted by Crippen LogP contribution is -2.55. The van der Waals surface area contributed by atoms with E-state index in [0.717, 1.165) is 0 Å². The lowest BCUT2D eigenvalue weighted by molar-refractivity contribution is -0.142. The molecule has 154 valence electrons. The molecule has 0 aliphatic rings. The number of hydrogen-bond donors (Lipinski definition) is 8. The highest BCUT2D eigenvalue weighted by molar-refractivity contribution is 7.80. The normalized spacial score (nSPS) is 13.7. The van der Waals surface area contributed by atoms with Gasteiger partial charge in [-0.2, -0.15) is 12.6 Å². The van der Waals surface area contributed by atoms with E-state index in [4.69, 9.17) is 22.9 Å². The van der Waals surface area contributed by atoms with E-state index in [1.54, 1.807) is 0 Å². The summed E-state index contributed by atoms with van der Waals surface area (Å²) in [5.74, 6) is -3.45. The van der Waals surface area contributed by atoms with E-state index >= 15 is 0 Å². The SMILES string of the molecule is NC(=O)CCC(N)C(=O)NC(CS)C(=O)NC(CCCN=C(N)N)C(=O)O. The third-order valence-corrected chi connectivity index (χ3v) is 3.78. The molecule has 0 rings (SSSR count). The van der Waals surface area contributed by atoms with Gasteiger partial charge < -0.3 is 38.7 Å². The maximum absolute atomic E-state index is 12.2. The summed E-state index contributed by atoms with van der Waals surface area (Å²) in [6.45, 7) is 0.212. The van der Waals surface area contributed by atoms with Crippen LogP contribution in [0.2, 0.25) is 0 Å². The number of nitrogens with one attached hydrogen (secondary N) is 2. The van der Waals surface area contributed by atoms with Crippen LogP contribution in [0.15, 0.2) is 4.99 Å². The van der Waals surface area contributed by atoms with Crippen molar-refractivity contribution >= 4 is 42.3 Å². The fourth-order valence-electron chi connectivity index (χ4n) is 1.93. The van der Waals surface area contributed by atoms with Crippen molar-refractivity contribution in [1.29, 1.82) is 0 Å². The van der Waals surface area contributed by atoms with Crippen LogP contribution in [0.5, 0.6) is 0 Å². The monoisotopic (exact) mass is 405 g/mol. The van der Waals surface area contributed by atoms with Crippen LogP contribution >= 0.6 is 12.6 Å². The van der Waals surface area contributed by atoms with Crippen molar-refractivity contribution in [2.75, 3.05) is 12.3 Å². The number of carboxylic acid groups (broad SMARTS) is 1. The van der Waals surface area contributed by atoms with Crippen LogP contribution in [0.4, 0.5) is 0 Å². The minimum absolute atomic E-state index is 0.0185. The van der Waals surface area contributed by atoms with Crippen molar-refractivity contribution in [2.24, 2.45) is 27.9 Å². The number of rotatable bonds is 13. The van der Waals surface area contributed by atoms with Gasteiger partial charge >= 0.3 is 5.97 Å². The van der Waals surface area contributed by atoms with Crippen LogP contribution in [0.3, 0.4) is 0 Å². The maximum Gasteiger partial charge on any atom is 0.326 e. The van der Waals surface area contributed by atoms with Gasteiger partial charge in [0.25, 0.3) is 0 Å². The highest BCUT2D eigenvalue weighted by atomic mass is 32.1. The molecule has 0 aromatic carbocycles. The Bertz CT molecular complexity index is 568. The molecular formula is C14H27N7O5S. The molecule has 0 spiro atoms. The summed E-state index contributed by atoms with van der Waals surface area (Å²) in [5.41, 5.74) is 21.0. The first kappa shape index (κ1) is 24.5. The topological polar surface area (TPSA) is 229 Å². The molecule has 0 aromatic rings. The van der Waals surface area contributed by atoms with Crippen LogP contribution in [0, 0.1) is 0 Å². The molecule has 12 nitrogen and oxygen atoms in total. The van der Waals surface area contributed by atoms with Gasteiger partial charge in [-0.1, -0.05) is 0 Å². The molecule has 0 radical (unpaired) electrons. The van der Waals surface area contributed by atoms with Crippen LogP contribution in [0.25, 0.3) is 0 Å². The van der Waals surface area contributed by atoms with Gasteiger partial charge in [0.05, 0.1) is 6.04 Å². The molecule has 3 unspecified atom stereocenters. The molecule has 13 heteroatoms. The van der Waals surface area contributed by atoms with Crippen LogP contribution in [-0.2, 0) is 19.2 Å². The van der Waals surface area contributed by atoms with E-state index in [1.807, 2.05) is 0 Å². The van der Waals surface area contributed by atoms with Gasteiger partial charge in [-0.3, -0.25) is 19.4 Å². The fourth-order valence-corrected chi connectivity index (χ4v) is 2.19. The number of hydrogen-bond acceptors (Lipinski definition) is 7. The summed E-state index contributed by atoms with van der Waals surface area (Å²) < 4.78 is 0. The van der Waals surface area contributed by atoms with Gasteiger partial charge in [0, 0.05) is 18.7 Å². The zero-order chi connectivity index (χ0) is 21.0. The molecule has 11 N–H and O–H groups in total. The van der Waals surface area contributed by atoms with Gasteiger partial charge in [0.1, 0.15) is 12.1 Å². The number of nitrogens with zero attached hydrogens (tertiary/aromatic N) is 1. The highest BCUT2D eigenvalue weighted by Crippen LogP contribution is 2.01. The number of guanidine groups is 1. The number of amides is 3. The van der Waals surface area contributed by atoms with Crippen LogP contribution in [-0.4, -0.2) is 65.2 Å². The van der Waals surface area contributed by atoms with Gasteiger partial charge in [0.15, 0.2) is 5.96 Å². The summed E-state index contributed by atoms with van der Waals surface area (Å²) in [4.78, 5) is 49.9. The van der Waals surface area contributed by atoms with E-state index in [9.17, 15) is 24.3 Å². The van der Waals surface area contributed by atoms with E-state index in [-0.39, 0.29) is 37.5 Å². The predicted octanol–water partition coefficient (Wildman–Crippen LogP) is -3.38. The third kappa shape index (κ3) is 10.9. The predicted molar refractivity (Wildman–Crippen MR) is 102 cm³/mol. The molecule has 27 heavy (non-hydrogen) atoms. The van der Waals surface area contributed by atoms with Crippen molar-refractivity contribution in [3.63, 3.8) is 0 Å². The summed E-state index contributed by atoms with van der Waals surface area (Å²) in [5, 5.41) is 13.9. The Balaban J connectivity index is 4.68. The second-order valence-electron chi connectivity index (χ2n) is 5.70. The minimum Gasteiger partial charge on any atom is -0.480 e. The summed E-state index contributed by atoms with van der Waals surface area (Å²) in [6, 6.07) is -3.32. The van der Waals surface area contributed by atoms with E-state index in [1.165, 1.54) is 0 Å². The number of thiol groups is 1. The Morgan fingerprint density at radius 3 is 2.07 bits per heavy atom. The van der Waals surface area contributed by atoms with Gasteiger partial charge in [-0.05, 0) is 19.3 Å². The lowest BCUT2D eigenvalue weighted by Gasteiger charge is -2.21. The number of carbonyl (C=O) groups is 4. The summed E-state index contributed by atoms with van der Waals surface area (Å²) in [7, 11) is 0. The highest BCUT2D eigenvalue weighted by Gasteiger charge is 2.27. The van der Waals surface area contributed by atoms with Crippen LogP contribution in [0.1, 0.15) is 25.7 Å². The van der Waals surface area contributed by atoms with Crippen LogP contribution < -0.4 is 33.6 Å². The Hall–Kier alpha value is -2.54. The largest absolute Gasteiger partial charge is 0.480 e. The Morgan fingerprint density at radius 2 is 1.59 bits per heavy atom. The Labute approximate surface area is 161 Å². The van der Waals surface area contributed by atoms with E-state index in [0.29, 0.717) is 6.42 Å². The van der Waals surface area contributed by atoms with Gasteiger partial charge in [-0.25, -0.2) is 4.79 Å². The molecule has 0 saturated carbocycles. The van der Waals surface area contributed by atoms with Crippen molar-refractivity contribution in [3.8, 4) is 0 Å². The zero-order valence-corrected chi connectivity index (χ0v) is 15.7. The number of primary amides is 1. The third-order valence-electron chi connectivity index (χ3n) is 3.41. The minimum atomic E-state index is -1.24. The first-order valence-corrected chi connectivity index (χ1v) is 8.75. The first-order chi connectivity index (χ1) is 12.6. The number of aliphatic imine (C=N–C) groups is 1. The molecule has 0 aromatic heterocycles. The molecule has 0 heterocycles. The van der Waals surface area contributed by atoms with Gasteiger partial charge in [-0.15, -0.1) is 0 Å². The first-order valence-electron chi connectivity index (χ1n) is 8.12. The number of aliphatic carboxylic acids is 1. The van der Waals surface area contributed by atoms with Crippen molar-refractivity contribution in [1.82, 2.24) is 10.6 Å². The summed E-state index contributed by atoms with van der Waals surface area (Å²) in [6.07, 6.45) is 0.349. The quantitative estimate of drug-likeness (QED) is 0.0665. The maximum atomic E-state index is 12.2. The number of nitrogens with two attached hydrogens (primary N) is 4. The molecule has 0 aliphatic heterocycles.